The summed E-state index contributed by atoms with van der Waals surface area (Å²) in [5.74, 6) is 3.73. The molecule has 0 radical (unpaired) electrons. The SMILES string of the molecule is c1ccc(CN2CCC(c3nnc(SCC4CCCCC4)n3CC3CCCO3)CC2)nc1. The minimum atomic E-state index is 0.322. The highest BCUT2D eigenvalue weighted by Gasteiger charge is 2.29. The Kier molecular flexibility index (Phi) is 7.77. The maximum atomic E-state index is 6.00. The van der Waals surface area contributed by atoms with Gasteiger partial charge < -0.3 is 9.30 Å². The molecule has 0 aromatic carbocycles. The number of aromatic nitrogens is 4. The predicted molar refractivity (Wildman–Crippen MR) is 128 cm³/mol. The molecule has 2 aromatic heterocycles. The van der Waals surface area contributed by atoms with E-state index in [1.807, 2.05) is 24.0 Å². The summed E-state index contributed by atoms with van der Waals surface area (Å²) in [4.78, 5) is 7.03. The van der Waals surface area contributed by atoms with E-state index in [1.54, 1.807) is 0 Å². The van der Waals surface area contributed by atoms with Gasteiger partial charge in [-0.1, -0.05) is 37.1 Å². The maximum Gasteiger partial charge on any atom is 0.191 e. The molecule has 2 aromatic rings. The van der Waals surface area contributed by atoms with Crippen LogP contribution in [0.4, 0.5) is 0 Å². The molecule has 32 heavy (non-hydrogen) atoms. The highest BCUT2D eigenvalue weighted by molar-refractivity contribution is 7.99. The fraction of sp³-hybridized carbons (Fsp3) is 0.720. The van der Waals surface area contributed by atoms with Crippen molar-refractivity contribution in [1.82, 2.24) is 24.6 Å². The fourth-order valence-electron chi connectivity index (χ4n) is 5.49. The topological polar surface area (TPSA) is 56.1 Å². The Morgan fingerprint density at radius 3 is 2.59 bits per heavy atom. The number of piperidine rings is 1. The van der Waals surface area contributed by atoms with Crippen molar-refractivity contribution in [3.63, 3.8) is 0 Å². The van der Waals surface area contributed by atoms with Crippen LogP contribution in [0.2, 0.25) is 0 Å². The van der Waals surface area contributed by atoms with E-state index in [1.165, 1.54) is 50.1 Å². The van der Waals surface area contributed by atoms with Gasteiger partial charge in [0.05, 0.1) is 18.3 Å². The smallest absolute Gasteiger partial charge is 0.191 e. The Balaban J connectivity index is 1.23. The molecule has 1 atom stereocenters. The Hall–Kier alpha value is -1.44. The molecule has 3 fully saturated rings. The standard InChI is InChI=1S/C25H37N5OS/c1-2-7-20(8-3-1)19-32-25-28-27-24(30(25)18-23-10-6-16-31-23)21-11-14-29(15-12-21)17-22-9-4-5-13-26-22/h4-5,9,13,20-21,23H,1-3,6-8,10-12,14-19H2. The highest BCUT2D eigenvalue weighted by Crippen LogP contribution is 2.33. The molecule has 4 heterocycles. The van der Waals surface area contributed by atoms with Crippen molar-refractivity contribution in [3.05, 3.63) is 35.9 Å². The van der Waals surface area contributed by atoms with Gasteiger partial charge in [0.25, 0.3) is 0 Å². The van der Waals surface area contributed by atoms with E-state index in [0.29, 0.717) is 12.0 Å². The summed E-state index contributed by atoms with van der Waals surface area (Å²) in [6.07, 6.45) is 13.8. The highest BCUT2D eigenvalue weighted by atomic mass is 32.2. The average Bonchev–Trinajstić information content (AvgIpc) is 3.50. The van der Waals surface area contributed by atoms with Gasteiger partial charge in [-0.15, -0.1) is 10.2 Å². The summed E-state index contributed by atoms with van der Waals surface area (Å²) < 4.78 is 8.43. The van der Waals surface area contributed by atoms with Crippen LogP contribution in [0.5, 0.6) is 0 Å². The molecule has 7 heteroatoms. The minimum Gasteiger partial charge on any atom is -0.376 e. The summed E-state index contributed by atoms with van der Waals surface area (Å²) in [5.41, 5.74) is 1.16. The van der Waals surface area contributed by atoms with Crippen molar-refractivity contribution in [2.45, 2.75) is 88.1 Å². The Bertz CT molecular complexity index is 824. The van der Waals surface area contributed by atoms with Crippen LogP contribution < -0.4 is 0 Å². The molecule has 5 rings (SSSR count). The van der Waals surface area contributed by atoms with Crippen LogP contribution in [0.1, 0.15) is 75.2 Å². The van der Waals surface area contributed by atoms with Crippen LogP contribution in [-0.2, 0) is 17.8 Å². The number of thioether (sulfide) groups is 1. The third kappa shape index (κ3) is 5.72. The predicted octanol–water partition coefficient (Wildman–Crippen LogP) is 4.90. The summed E-state index contributed by atoms with van der Waals surface area (Å²) in [7, 11) is 0. The maximum absolute atomic E-state index is 6.00. The second-order valence-corrected chi connectivity index (χ2v) is 10.8. The van der Waals surface area contributed by atoms with E-state index in [4.69, 9.17) is 14.9 Å². The normalized spacial score (nSPS) is 23.7. The van der Waals surface area contributed by atoms with Crippen LogP contribution >= 0.6 is 11.8 Å². The molecular weight excluding hydrogens is 418 g/mol. The first-order valence-corrected chi connectivity index (χ1v) is 13.6. The van der Waals surface area contributed by atoms with E-state index in [2.05, 4.69) is 26.6 Å². The summed E-state index contributed by atoms with van der Waals surface area (Å²) in [6, 6.07) is 6.19. The van der Waals surface area contributed by atoms with Crippen molar-refractivity contribution in [1.29, 1.82) is 0 Å². The lowest BCUT2D eigenvalue weighted by atomic mass is 9.91. The first-order valence-electron chi connectivity index (χ1n) is 12.6. The number of likely N-dealkylation sites (tertiary alicyclic amines) is 1. The van der Waals surface area contributed by atoms with Crippen molar-refractivity contribution < 1.29 is 4.74 Å². The Labute approximate surface area is 196 Å². The van der Waals surface area contributed by atoms with E-state index >= 15 is 0 Å². The zero-order valence-electron chi connectivity index (χ0n) is 19.2. The molecule has 0 bridgehead atoms. The molecule has 6 nitrogen and oxygen atoms in total. The van der Waals surface area contributed by atoms with Gasteiger partial charge in [0.1, 0.15) is 5.82 Å². The van der Waals surface area contributed by atoms with Gasteiger partial charge in [-0.25, -0.2) is 0 Å². The van der Waals surface area contributed by atoms with Gasteiger partial charge >= 0.3 is 0 Å². The van der Waals surface area contributed by atoms with Gasteiger partial charge in [-0.3, -0.25) is 9.88 Å². The van der Waals surface area contributed by atoms with E-state index in [-0.39, 0.29) is 0 Å². The van der Waals surface area contributed by atoms with Gasteiger partial charge in [0.15, 0.2) is 5.16 Å². The molecule has 0 N–H and O–H groups in total. The largest absolute Gasteiger partial charge is 0.376 e. The van der Waals surface area contributed by atoms with Crippen LogP contribution in [0.25, 0.3) is 0 Å². The van der Waals surface area contributed by atoms with Gasteiger partial charge in [0.2, 0.25) is 0 Å². The number of hydrogen-bond donors (Lipinski definition) is 0. The van der Waals surface area contributed by atoms with Crippen LogP contribution in [0.3, 0.4) is 0 Å². The summed E-state index contributed by atoms with van der Waals surface area (Å²) in [5, 5.41) is 10.6. The van der Waals surface area contributed by atoms with E-state index in [9.17, 15) is 0 Å². The monoisotopic (exact) mass is 455 g/mol. The number of hydrogen-bond acceptors (Lipinski definition) is 6. The molecule has 1 saturated carbocycles. The van der Waals surface area contributed by atoms with E-state index in [0.717, 1.165) is 68.8 Å². The van der Waals surface area contributed by atoms with Crippen LogP contribution in [0.15, 0.2) is 29.6 Å². The Morgan fingerprint density at radius 1 is 0.969 bits per heavy atom. The van der Waals surface area contributed by atoms with Crippen molar-refractivity contribution in [2.75, 3.05) is 25.4 Å². The lowest BCUT2D eigenvalue weighted by Gasteiger charge is -2.31. The summed E-state index contributed by atoms with van der Waals surface area (Å²) in [6.45, 7) is 4.96. The average molecular weight is 456 g/mol. The fourth-order valence-corrected chi connectivity index (χ4v) is 6.63. The molecule has 0 spiro atoms. The van der Waals surface area contributed by atoms with Gasteiger partial charge in [-0.2, -0.15) is 0 Å². The number of ether oxygens (including phenoxy) is 1. The molecule has 2 saturated heterocycles. The molecule has 1 unspecified atom stereocenters. The lowest BCUT2D eigenvalue weighted by molar-refractivity contribution is 0.0931. The quantitative estimate of drug-likeness (QED) is 0.528. The summed E-state index contributed by atoms with van der Waals surface area (Å²) >= 11 is 1.94. The first-order chi connectivity index (χ1) is 15.8. The van der Waals surface area contributed by atoms with Crippen molar-refractivity contribution >= 4 is 11.8 Å². The lowest BCUT2D eigenvalue weighted by Crippen LogP contribution is -2.34. The first kappa shape index (κ1) is 22.4. The second kappa shape index (κ2) is 11.1. The second-order valence-electron chi connectivity index (χ2n) is 9.77. The van der Waals surface area contributed by atoms with Crippen molar-refractivity contribution in [2.24, 2.45) is 5.92 Å². The number of pyridine rings is 1. The molecule has 0 amide bonds. The zero-order valence-corrected chi connectivity index (χ0v) is 20.0. The number of rotatable bonds is 8. The van der Waals surface area contributed by atoms with Gasteiger partial charge in [0, 0.05) is 31.0 Å². The minimum absolute atomic E-state index is 0.322. The van der Waals surface area contributed by atoms with Crippen LogP contribution in [0, 0.1) is 5.92 Å². The zero-order chi connectivity index (χ0) is 21.6. The third-order valence-electron chi connectivity index (χ3n) is 7.39. The van der Waals surface area contributed by atoms with Gasteiger partial charge in [-0.05, 0) is 69.7 Å². The molecule has 1 aliphatic carbocycles. The third-order valence-corrected chi connectivity index (χ3v) is 8.59. The molecule has 2 aliphatic heterocycles. The Morgan fingerprint density at radius 2 is 1.84 bits per heavy atom. The van der Waals surface area contributed by atoms with E-state index < -0.39 is 0 Å². The molecule has 3 aliphatic rings. The number of nitrogens with zero attached hydrogens (tertiary/aromatic N) is 5. The molecular formula is C25H37N5OS. The molecule has 174 valence electrons. The van der Waals surface area contributed by atoms with Crippen molar-refractivity contribution in [3.8, 4) is 0 Å². The van der Waals surface area contributed by atoms with Crippen LogP contribution in [-0.4, -0.2) is 56.2 Å².